The van der Waals surface area contributed by atoms with Crippen LogP contribution in [0.15, 0.2) is 84.1 Å². The lowest BCUT2D eigenvalue weighted by Crippen LogP contribution is -2.61. The third-order valence-electron chi connectivity index (χ3n) is 16.4. The van der Waals surface area contributed by atoms with Gasteiger partial charge in [0.15, 0.2) is 5.96 Å². The van der Waals surface area contributed by atoms with Gasteiger partial charge in [-0.2, -0.15) is 0 Å². The highest BCUT2D eigenvalue weighted by molar-refractivity contribution is 6.30. The molecule has 1 aromatic heterocycles. The van der Waals surface area contributed by atoms with Crippen molar-refractivity contribution in [2.75, 3.05) is 26.2 Å². The summed E-state index contributed by atoms with van der Waals surface area (Å²) in [5.74, 6) is -13.6. The summed E-state index contributed by atoms with van der Waals surface area (Å²) in [5, 5.41) is 31.7. The number of aliphatic imine (C=N–C) groups is 1. The lowest BCUT2D eigenvalue weighted by atomic mass is 10.0. The van der Waals surface area contributed by atoms with E-state index >= 15 is 14.4 Å². The molecule has 32 nitrogen and oxygen atoms in total. The number of nitrogens with zero attached hydrogens (tertiary/aromatic N) is 3. The largest absolute Gasteiger partial charge is 0.370 e. The van der Waals surface area contributed by atoms with Gasteiger partial charge in [0, 0.05) is 76.2 Å². The van der Waals surface area contributed by atoms with Gasteiger partial charge in [-0.25, -0.2) is 0 Å². The molecular weight excluding hydrogens is 1290 g/mol. The summed E-state index contributed by atoms with van der Waals surface area (Å²) in [6, 6.07) is 1.12. The quantitative estimate of drug-likeness (QED) is 0.0212. The second kappa shape index (κ2) is 37.9. The number of primary amides is 1. The van der Waals surface area contributed by atoms with Gasteiger partial charge in [0.2, 0.25) is 82.7 Å². The fraction of sp³-hybridized carbons (Fsp3) is 0.508. The molecule has 3 fully saturated rings. The van der Waals surface area contributed by atoms with Gasteiger partial charge >= 0.3 is 0 Å². The molecule has 0 spiro atoms. The molecule has 6 rings (SSSR count). The molecule has 3 aromatic rings. The molecule has 4 heterocycles. The molecular formula is C65H89ClN18O14. The van der Waals surface area contributed by atoms with Crippen LogP contribution in [0.25, 0.3) is 0 Å². The maximum absolute atomic E-state index is 15.3. The number of pyridine rings is 1. The number of amides is 14. The maximum Gasteiger partial charge on any atom is 0.245 e. The van der Waals surface area contributed by atoms with Crippen LogP contribution in [-0.2, 0) is 86.4 Å². The van der Waals surface area contributed by atoms with Crippen molar-refractivity contribution in [3.8, 4) is 0 Å². The van der Waals surface area contributed by atoms with E-state index in [1.165, 1.54) is 24.2 Å². The molecule has 3 aliphatic rings. The number of carbonyl (C=O) groups excluding carboxylic acids is 14. The van der Waals surface area contributed by atoms with E-state index < -0.39 is 175 Å². The molecule has 2 unspecified atom stereocenters. The number of carbonyl (C=O) groups is 14. The Bertz CT molecular complexity index is 3380. The van der Waals surface area contributed by atoms with E-state index in [2.05, 4.69) is 73.8 Å². The molecule has 2 bridgehead atoms. The van der Waals surface area contributed by atoms with E-state index in [-0.39, 0.29) is 95.7 Å². The Morgan fingerprint density at radius 1 is 0.653 bits per heavy atom. The maximum atomic E-state index is 15.3. The van der Waals surface area contributed by atoms with Crippen molar-refractivity contribution >= 4 is 100 Å². The molecule has 11 atom stereocenters. The first-order valence-corrected chi connectivity index (χ1v) is 32.9. The second-order valence-corrected chi connectivity index (χ2v) is 25.1. The van der Waals surface area contributed by atoms with Gasteiger partial charge in [-0.1, -0.05) is 80.9 Å². The van der Waals surface area contributed by atoms with Crippen LogP contribution >= 0.6 is 11.6 Å². The Kier molecular flexibility index (Phi) is 29.7. The Morgan fingerprint density at radius 3 is 1.96 bits per heavy atom. The van der Waals surface area contributed by atoms with Crippen LogP contribution in [0.4, 0.5) is 0 Å². The van der Waals surface area contributed by atoms with Gasteiger partial charge in [-0.3, -0.25) is 77.1 Å². The molecule has 0 radical (unpaired) electrons. The zero-order chi connectivity index (χ0) is 71.6. The Labute approximate surface area is 571 Å². The lowest BCUT2D eigenvalue weighted by Gasteiger charge is -2.31. The SMILES string of the molecule is CC[C@H](NC(C)=O)C(=O)N[C@@H](Cc1ccc(Cl)cc1)C(=O)N[C@@H](Cc1cccnc1)C(=O)N[C@H]1CC(=O)NCC(C(N)=O)NC(=O)[C@@H]2CCCN2C(=O)C2CCNC(=O)[C@@H](Cc3ccccc3)NC(=O)CC[C@H](NC1=O)C(=O)N[C@@H](CCCN=C(N)N)C(=O)N[C@H](CC(C)C)C(=O)N2. The summed E-state index contributed by atoms with van der Waals surface area (Å²) >= 11 is 6.18. The van der Waals surface area contributed by atoms with E-state index in [1.807, 2.05) is 0 Å². The molecule has 33 heteroatoms. The van der Waals surface area contributed by atoms with Crippen molar-refractivity contribution in [2.24, 2.45) is 28.1 Å². The van der Waals surface area contributed by atoms with Gasteiger partial charge < -0.3 is 85.9 Å². The average Bonchev–Trinajstić information content (AvgIpc) is 1.30. The minimum absolute atomic E-state index is 0.0306. The van der Waals surface area contributed by atoms with Crippen molar-refractivity contribution in [1.29, 1.82) is 0 Å². The highest BCUT2D eigenvalue weighted by atomic mass is 35.5. The van der Waals surface area contributed by atoms with E-state index in [4.69, 9.17) is 28.8 Å². The van der Waals surface area contributed by atoms with Gasteiger partial charge in [0.1, 0.15) is 66.5 Å². The topological polar surface area (TPSA) is 490 Å². The monoisotopic (exact) mass is 1380 g/mol. The first-order valence-electron chi connectivity index (χ1n) is 32.5. The molecule has 3 aliphatic heterocycles. The van der Waals surface area contributed by atoms with Crippen molar-refractivity contribution in [3.05, 3.63) is 101 Å². The number of nitrogens with two attached hydrogens (primary N) is 3. The zero-order valence-corrected chi connectivity index (χ0v) is 55.9. The number of rotatable bonds is 21. The van der Waals surface area contributed by atoms with E-state index in [9.17, 15) is 52.7 Å². The lowest BCUT2D eigenvalue weighted by molar-refractivity contribution is -0.142. The van der Waals surface area contributed by atoms with Crippen LogP contribution in [0.5, 0.6) is 0 Å². The summed E-state index contributed by atoms with van der Waals surface area (Å²) in [6.45, 7) is 5.25. The predicted octanol–water partition coefficient (Wildman–Crippen LogP) is -3.56. The van der Waals surface area contributed by atoms with Crippen molar-refractivity contribution in [1.82, 2.24) is 73.7 Å². The summed E-state index contributed by atoms with van der Waals surface area (Å²) in [4.78, 5) is 210. The molecule has 0 aliphatic carbocycles. The number of benzene rings is 2. The molecule has 2 aromatic carbocycles. The number of hydrogen-bond donors (Lipinski definition) is 15. The molecule has 18 N–H and O–H groups in total. The number of aromatic nitrogens is 1. The molecule has 98 heavy (non-hydrogen) atoms. The summed E-state index contributed by atoms with van der Waals surface area (Å²) < 4.78 is 0. The minimum Gasteiger partial charge on any atom is -0.370 e. The average molecular weight is 1380 g/mol. The van der Waals surface area contributed by atoms with Crippen LogP contribution < -0.4 is 81.0 Å². The van der Waals surface area contributed by atoms with E-state index in [0.717, 1.165) is 0 Å². The van der Waals surface area contributed by atoms with Crippen LogP contribution in [0, 0.1) is 5.92 Å². The number of hydrogen-bond acceptors (Lipinski definition) is 16. The molecule has 0 saturated carbocycles. The first kappa shape index (κ1) is 76.7. The normalized spacial score (nSPS) is 22.8. The van der Waals surface area contributed by atoms with Crippen LogP contribution in [0.1, 0.15) is 109 Å². The number of halogens is 1. The van der Waals surface area contributed by atoms with Gasteiger partial charge in [-0.05, 0) is 92.2 Å². The van der Waals surface area contributed by atoms with Crippen molar-refractivity contribution < 1.29 is 67.1 Å². The number of guanidine groups is 1. The standard InChI is InChI=1S/C65H89ClN18O14/c1-5-41(74-36(4)85)56(90)80-47(30-38-17-19-40(66)20-18-38)60(94)81-48(31-39-14-9-24-70-33-39)61(95)82-49-32-53(87)73-34-50(54(67)88)83-63(97)51-16-11-27-84(51)64(98)44-23-26-71-55(89)46(29-37-12-7-6-8-13-37)75-52(86)22-21-43(77-62(49)96)58(92)76-42(15-10-25-72-65(68)69)57(91)79-45(28-35(2)3)59(93)78-44/h6-9,12-14,17-20,24,33,35,41-51H,5,10-11,15-16,21-23,25-32,34H2,1-4H3,(H2,67,88)(H,71,89)(H,73,87)(H,74,85)(H,75,86)(H,76,92)(H,77,96)(H,78,93)(H,79,91)(H,80,90)(H,81,94)(H,82,95)(H,83,97)(H4,68,69,72)/t41-,42-,43-,44?,45+,46+,47-,48-,49-,50?,51-/m0/s1. The fourth-order valence-electron chi connectivity index (χ4n) is 11.3. The van der Waals surface area contributed by atoms with Crippen LogP contribution in [0.2, 0.25) is 5.02 Å². The van der Waals surface area contributed by atoms with E-state index in [1.54, 1.807) is 87.5 Å². The summed E-state index contributed by atoms with van der Waals surface area (Å²) in [6.07, 6.45) is -0.113. The third kappa shape index (κ3) is 24.4. The third-order valence-corrected chi connectivity index (χ3v) is 16.7. The summed E-state index contributed by atoms with van der Waals surface area (Å²) in [7, 11) is 0. The predicted molar refractivity (Wildman–Crippen MR) is 356 cm³/mol. The molecule has 3 saturated heterocycles. The summed E-state index contributed by atoms with van der Waals surface area (Å²) in [5.41, 5.74) is 18.5. The molecule has 14 amide bonds. The van der Waals surface area contributed by atoms with E-state index in [0.29, 0.717) is 21.7 Å². The fourth-order valence-corrected chi connectivity index (χ4v) is 11.4. The number of fused-ring (bicyclic) bond motifs is 10. The van der Waals surface area contributed by atoms with Gasteiger partial charge in [-0.15, -0.1) is 0 Å². The number of nitrogens with one attached hydrogen (secondary N) is 12. The first-order chi connectivity index (χ1) is 46.7. The smallest absolute Gasteiger partial charge is 0.245 e. The zero-order valence-electron chi connectivity index (χ0n) is 55.1. The van der Waals surface area contributed by atoms with Gasteiger partial charge in [0.25, 0.3) is 0 Å². The Hall–Kier alpha value is -10.3. The van der Waals surface area contributed by atoms with Crippen LogP contribution in [0.3, 0.4) is 0 Å². The second-order valence-electron chi connectivity index (χ2n) is 24.7. The highest BCUT2D eigenvalue weighted by Gasteiger charge is 2.41. The molecule has 530 valence electrons. The van der Waals surface area contributed by atoms with Crippen LogP contribution in [-0.4, -0.2) is 191 Å². The highest BCUT2D eigenvalue weighted by Crippen LogP contribution is 2.21. The van der Waals surface area contributed by atoms with Crippen molar-refractivity contribution in [2.45, 2.75) is 178 Å². The Morgan fingerprint density at radius 2 is 1.31 bits per heavy atom. The van der Waals surface area contributed by atoms with Gasteiger partial charge in [0.05, 0.1) is 6.42 Å². The minimum atomic E-state index is -2.06. The Balaban J connectivity index is 1.49. The van der Waals surface area contributed by atoms with Crippen molar-refractivity contribution in [3.63, 3.8) is 0 Å².